The smallest absolute Gasteiger partial charge is 0.120 e. The zero-order valence-corrected chi connectivity index (χ0v) is 10.2. The van der Waals surface area contributed by atoms with Gasteiger partial charge in [0.15, 0.2) is 0 Å². The molecule has 0 amide bonds. The number of rotatable bonds is 5. The molecule has 3 nitrogen and oxygen atoms in total. The van der Waals surface area contributed by atoms with E-state index in [1.165, 1.54) is 0 Å². The number of aryl methyl sites for hydroxylation is 1. The van der Waals surface area contributed by atoms with Gasteiger partial charge in [-0.15, -0.1) is 0 Å². The summed E-state index contributed by atoms with van der Waals surface area (Å²) in [6, 6.07) is 2.63. The first kappa shape index (κ1) is 12.3. The summed E-state index contributed by atoms with van der Waals surface area (Å²) in [5, 5.41) is 0. The van der Waals surface area contributed by atoms with Crippen molar-refractivity contribution in [3.63, 3.8) is 0 Å². The highest BCUT2D eigenvalue weighted by atomic mass is 16.3. The molecule has 1 heterocycles. The minimum absolute atomic E-state index is 0.486. The summed E-state index contributed by atoms with van der Waals surface area (Å²) in [4.78, 5) is 2.36. The van der Waals surface area contributed by atoms with Crippen LogP contribution >= 0.6 is 0 Å². The lowest BCUT2D eigenvalue weighted by Gasteiger charge is -2.23. The van der Waals surface area contributed by atoms with Gasteiger partial charge in [-0.25, -0.2) is 0 Å². The van der Waals surface area contributed by atoms with Crippen LogP contribution in [-0.2, 0) is 13.1 Å². The van der Waals surface area contributed by atoms with Gasteiger partial charge in [0.2, 0.25) is 0 Å². The van der Waals surface area contributed by atoms with Crippen LogP contribution in [0.1, 0.15) is 37.9 Å². The van der Waals surface area contributed by atoms with Crippen LogP contribution in [0.25, 0.3) is 0 Å². The van der Waals surface area contributed by atoms with Crippen LogP contribution in [-0.4, -0.2) is 17.5 Å². The van der Waals surface area contributed by atoms with Crippen LogP contribution in [0.5, 0.6) is 0 Å². The zero-order valence-electron chi connectivity index (χ0n) is 10.2. The molecule has 0 saturated heterocycles. The average Bonchev–Trinajstić information content (AvgIpc) is 2.54. The lowest BCUT2D eigenvalue weighted by molar-refractivity contribution is 0.205. The molecule has 0 aliphatic heterocycles. The van der Waals surface area contributed by atoms with E-state index in [1.54, 1.807) is 0 Å². The van der Waals surface area contributed by atoms with E-state index >= 15 is 0 Å². The number of nitrogens with two attached hydrogens (primary N) is 1. The maximum atomic E-state index is 5.68. The van der Waals surface area contributed by atoms with Gasteiger partial charge < -0.3 is 10.2 Å². The predicted octanol–water partition coefficient (Wildman–Crippen LogP) is 2.28. The average molecular weight is 210 g/mol. The van der Waals surface area contributed by atoms with Gasteiger partial charge in [0.25, 0.3) is 0 Å². The van der Waals surface area contributed by atoms with Gasteiger partial charge in [-0.1, -0.05) is 6.92 Å². The highest BCUT2D eigenvalue weighted by Crippen LogP contribution is 2.16. The molecule has 1 rings (SSSR count). The van der Waals surface area contributed by atoms with Crippen molar-refractivity contribution in [2.75, 3.05) is 6.54 Å². The van der Waals surface area contributed by atoms with E-state index < -0.39 is 0 Å². The number of furan rings is 1. The van der Waals surface area contributed by atoms with Crippen molar-refractivity contribution >= 4 is 0 Å². The van der Waals surface area contributed by atoms with Crippen LogP contribution in [0.2, 0.25) is 0 Å². The quantitative estimate of drug-likeness (QED) is 0.810. The van der Waals surface area contributed by atoms with Crippen molar-refractivity contribution in [2.45, 2.75) is 46.8 Å². The molecule has 86 valence electrons. The molecule has 3 heteroatoms. The van der Waals surface area contributed by atoms with Gasteiger partial charge >= 0.3 is 0 Å². The van der Waals surface area contributed by atoms with Crippen LogP contribution in [0, 0.1) is 6.92 Å². The van der Waals surface area contributed by atoms with Crippen LogP contribution < -0.4 is 5.73 Å². The topological polar surface area (TPSA) is 42.4 Å². The number of nitrogens with zero attached hydrogens (tertiary/aromatic N) is 1. The van der Waals surface area contributed by atoms with Gasteiger partial charge in [0.05, 0.1) is 13.1 Å². The monoisotopic (exact) mass is 210 g/mol. The van der Waals surface area contributed by atoms with Crippen molar-refractivity contribution in [3.8, 4) is 0 Å². The summed E-state index contributed by atoms with van der Waals surface area (Å²) in [5.41, 5.74) is 6.74. The van der Waals surface area contributed by atoms with E-state index in [0.717, 1.165) is 30.2 Å². The van der Waals surface area contributed by atoms with Crippen molar-refractivity contribution < 1.29 is 4.42 Å². The minimum atomic E-state index is 0.486. The third-order valence-corrected chi connectivity index (χ3v) is 2.75. The maximum absolute atomic E-state index is 5.68. The normalized spacial score (nSPS) is 11.7. The second kappa shape index (κ2) is 5.33. The summed E-state index contributed by atoms with van der Waals surface area (Å²) >= 11 is 0. The fraction of sp³-hybridized carbons (Fsp3) is 0.667. The molecule has 0 spiro atoms. The molecule has 0 saturated carbocycles. The van der Waals surface area contributed by atoms with Gasteiger partial charge in [-0.05, 0) is 38.9 Å². The van der Waals surface area contributed by atoms with Crippen molar-refractivity contribution in [3.05, 3.63) is 23.2 Å². The van der Waals surface area contributed by atoms with Crippen molar-refractivity contribution in [1.82, 2.24) is 4.90 Å². The van der Waals surface area contributed by atoms with Crippen LogP contribution in [0.4, 0.5) is 0 Å². The Bertz CT molecular complexity index is 305. The Kier molecular flexibility index (Phi) is 4.36. The SMILES string of the molecule is CCN(Cc1cc(C)c(CN)o1)C(C)C. The maximum Gasteiger partial charge on any atom is 0.120 e. The minimum Gasteiger partial charge on any atom is -0.463 e. The Hall–Kier alpha value is -0.800. The Labute approximate surface area is 92.2 Å². The molecule has 2 N–H and O–H groups in total. The molecule has 1 aromatic rings. The third-order valence-electron chi connectivity index (χ3n) is 2.75. The Morgan fingerprint density at radius 1 is 1.47 bits per heavy atom. The lowest BCUT2D eigenvalue weighted by atomic mass is 10.2. The molecule has 0 radical (unpaired) electrons. The molecule has 0 fully saturated rings. The van der Waals surface area contributed by atoms with E-state index in [2.05, 4.69) is 31.7 Å². The molecule has 0 aromatic carbocycles. The summed E-state index contributed by atoms with van der Waals surface area (Å²) in [6.45, 7) is 11.0. The molecule has 0 aliphatic rings. The van der Waals surface area contributed by atoms with Crippen LogP contribution in [0.3, 0.4) is 0 Å². The molecular formula is C12H22N2O. The Morgan fingerprint density at radius 3 is 2.53 bits per heavy atom. The van der Waals surface area contributed by atoms with E-state index in [4.69, 9.17) is 10.2 Å². The summed E-state index contributed by atoms with van der Waals surface area (Å²) in [6.07, 6.45) is 0. The highest BCUT2D eigenvalue weighted by Gasteiger charge is 2.12. The molecule has 0 bridgehead atoms. The van der Waals surface area contributed by atoms with Gasteiger partial charge in [-0.2, -0.15) is 0 Å². The molecule has 0 atom stereocenters. The fourth-order valence-corrected chi connectivity index (χ4v) is 1.73. The van der Waals surface area contributed by atoms with E-state index in [1.807, 2.05) is 6.92 Å². The van der Waals surface area contributed by atoms with Crippen LogP contribution in [0.15, 0.2) is 10.5 Å². The number of hydrogen-bond acceptors (Lipinski definition) is 3. The largest absolute Gasteiger partial charge is 0.463 e. The summed E-state index contributed by atoms with van der Waals surface area (Å²) < 4.78 is 5.68. The first-order valence-electron chi connectivity index (χ1n) is 5.60. The van der Waals surface area contributed by atoms with Gasteiger partial charge in [0, 0.05) is 6.04 Å². The molecule has 1 aromatic heterocycles. The molecule has 15 heavy (non-hydrogen) atoms. The second-order valence-electron chi connectivity index (χ2n) is 4.18. The number of hydrogen-bond donors (Lipinski definition) is 1. The highest BCUT2D eigenvalue weighted by molar-refractivity contribution is 5.19. The first-order chi connectivity index (χ1) is 7.08. The first-order valence-corrected chi connectivity index (χ1v) is 5.60. The Balaban J connectivity index is 2.71. The fourth-order valence-electron chi connectivity index (χ4n) is 1.73. The Morgan fingerprint density at radius 2 is 2.13 bits per heavy atom. The lowest BCUT2D eigenvalue weighted by Crippen LogP contribution is -2.29. The van der Waals surface area contributed by atoms with E-state index in [0.29, 0.717) is 12.6 Å². The predicted molar refractivity (Wildman–Crippen MR) is 62.6 cm³/mol. The van der Waals surface area contributed by atoms with Crippen molar-refractivity contribution in [1.29, 1.82) is 0 Å². The van der Waals surface area contributed by atoms with Gasteiger partial charge in [-0.3, -0.25) is 4.90 Å². The molecule has 0 aliphatic carbocycles. The van der Waals surface area contributed by atoms with Gasteiger partial charge in [0.1, 0.15) is 11.5 Å². The third kappa shape index (κ3) is 3.08. The second-order valence-corrected chi connectivity index (χ2v) is 4.18. The van der Waals surface area contributed by atoms with E-state index in [-0.39, 0.29) is 0 Å². The standard InChI is InChI=1S/C12H22N2O/c1-5-14(9(2)3)8-11-6-10(4)12(7-13)15-11/h6,9H,5,7-8,13H2,1-4H3. The molecule has 0 unspecified atom stereocenters. The summed E-state index contributed by atoms with van der Waals surface area (Å²) in [7, 11) is 0. The van der Waals surface area contributed by atoms with Crippen molar-refractivity contribution in [2.24, 2.45) is 5.73 Å². The molecular weight excluding hydrogens is 188 g/mol. The summed E-state index contributed by atoms with van der Waals surface area (Å²) in [5.74, 6) is 1.92. The van der Waals surface area contributed by atoms with E-state index in [9.17, 15) is 0 Å². The zero-order chi connectivity index (χ0) is 11.4.